The molecule has 2 aromatic carbocycles. The summed E-state index contributed by atoms with van der Waals surface area (Å²) in [6, 6.07) is 13.5. The zero-order valence-corrected chi connectivity index (χ0v) is 12.7. The van der Waals surface area contributed by atoms with E-state index < -0.39 is 6.04 Å². The fourth-order valence-electron chi connectivity index (χ4n) is 2.69. The number of benzene rings is 2. The van der Waals surface area contributed by atoms with E-state index in [1.54, 1.807) is 0 Å². The predicted molar refractivity (Wildman–Crippen MR) is 86.9 cm³/mol. The highest BCUT2D eigenvalue weighted by molar-refractivity contribution is 5.99. The molecule has 1 fully saturated rings. The number of urea groups is 1. The van der Waals surface area contributed by atoms with Gasteiger partial charge in [-0.2, -0.15) is 0 Å². The minimum Gasteiger partial charge on any atom is -0.363 e. The highest BCUT2D eigenvalue weighted by Gasteiger charge is 2.31. The Labute approximate surface area is 129 Å². The Morgan fingerprint density at radius 2 is 1.95 bits per heavy atom. The second kappa shape index (κ2) is 5.67. The second-order valence-corrected chi connectivity index (χ2v) is 5.54. The number of fused-ring (bicyclic) bond motifs is 1. The summed E-state index contributed by atoms with van der Waals surface area (Å²) in [7, 11) is 1.88. The number of likely N-dealkylation sites (N-methyl/N-ethyl adjacent to an activating group) is 1. The van der Waals surface area contributed by atoms with Gasteiger partial charge in [0, 0.05) is 25.8 Å². The zero-order chi connectivity index (χ0) is 15.7. The Kier molecular flexibility index (Phi) is 3.71. The van der Waals surface area contributed by atoms with E-state index in [1.165, 1.54) is 4.90 Å². The van der Waals surface area contributed by atoms with Crippen molar-refractivity contribution in [1.82, 2.24) is 10.2 Å². The van der Waals surface area contributed by atoms with Crippen LogP contribution in [0.15, 0.2) is 42.5 Å². The lowest BCUT2D eigenvalue weighted by Crippen LogP contribution is -2.47. The molecule has 0 bridgehead atoms. The lowest BCUT2D eigenvalue weighted by atomic mass is 10.1. The first kappa shape index (κ1) is 14.4. The molecule has 5 nitrogen and oxygen atoms in total. The van der Waals surface area contributed by atoms with Gasteiger partial charge in [-0.1, -0.05) is 30.3 Å². The number of amides is 3. The maximum Gasteiger partial charge on any atom is 0.324 e. The Balaban J connectivity index is 1.83. The van der Waals surface area contributed by atoms with Gasteiger partial charge >= 0.3 is 6.03 Å². The quantitative estimate of drug-likeness (QED) is 0.945. The summed E-state index contributed by atoms with van der Waals surface area (Å²) >= 11 is 0. The number of rotatable bonds is 3. The Morgan fingerprint density at radius 1 is 1.23 bits per heavy atom. The lowest BCUT2D eigenvalue weighted by Gasteiger charge is -2.28. The molecule has 1 aliphatic heterocycles. The minimum atomic E-state index is -0.398. The van der Waals surface area contributed by atoms with Crippen molar-refractivity contribution in [2.24, 2.45) is 0 Å². The highest BCUT2D eigenvalue weighted by atomic mass is 16.2. The first-order chi connectivity index (χ1) is 10.6. The number of hydrogen-bond donors (Lipinski definition) is 1. The van der Waals surface area contributed by atoms with Crippen molar-refractivity contribution >= 4 is 28.4 Å². The molecule has 114 valence electrons. The van der Waals surface area contributed by atoms with Gasteiger partial charge in [0.05, 0.1) is 0 Å². The minimum absolute atomic E-state index is 0.175. The van der Waals surface area contributed by atoms with Crippen molar-refractivity contribution in [2.75, 3.05) is 25.0 Å². The average Bonchev–Trinajstić information content (AvgIpc) is 2.98. The van der Waals surface area contributed by atoms with Gasteiger partial charge in [-0.15, -0.1) is 0 Å². The summed E-state index contributed by atoms with van der Waals surface area (Å²) in [5, 5.41) is 4.95. The second-order valence-electron chi connectivity index (χ2n) is 5.54. The molecule has 0 aromatic heterocycles. The molecule has 3 rings (SSSR count). The Bertz CT molecular complexity index is 729. The number of hydrogen-bond acceptors (Lipinski definition) is 3. The summed E-state index contributed by atoms with van der Waals surface area (Å²) in [5.74, 6) is -0.175. The van der Waals surface area contributed by atoms with Crippen LogP contribution in [0.3, 0.4) is 0 Å². The maximum atomic E-state index is 12.5. The third kappa shape index (κ3) is 2.50. The molecule has 1 heterocycles. The molecule has 0 aliphatic carbocycles. The van der Waals surface area contributed by atoms with Crippen LogP contribution in [0, 0.1) is 0 Å². The van der Waals surface area contributed by atoms with E-state index in [-0.39, 0.29) is 11.9 Å². The fourth-order valence-corrected chi connectivity index (χ4v) is 2.69. The van der Waals surface area contributed by atoms with E-state index in [1.807, 2.05) is 49.2 Å². The van der Waals surface area contributed by atoms with Crippen LogP contribution in [0.5, 0.6) is 0 Å². The Morgan fingerprint density at radius 3 is 2.64 bits per heavy atom. The molecule has 0 radical (unpaired) electrons. The normalized spacial score (nSPS) is 15.7. The molecule has 3 amide bonds. The molecule has 2 aromatic rings. The van der Waals surface area contributed by atoms with Crippen molar-refractivity contribution in [3.8, 4) is 0 Å². The van der Waals surface area contributed by atoms with Crippen molar-refractivity contribution in [3.05, 3.63) is 42.5 Å². The van der Waals surface area contributed by atoms with Gasteiger partial charge in [0.2, 0.25) is 0 Å². The topological polar surface area (TPSA) is 52.7 Å². The molecule has 1 atom stereocenters. The molecule has 0 spiro atoms. The number of nitrogens with one attached hydrogen (secondary N) is 1. The van der Waals surface area contributed by atoms with E-state index in [2.05, 4.69) is 17.4 Å². The first-order valence-electron chi connectivity index (χ1n) is 7.39. The third-order valence-corrected chi connectivity index (χ3v) is 4.20. The molecule has 0 saturated carbocycles. The van der Waals surface area contributed by atoms with Crippen LogP contribution in [-0.2, 0) is 4.79 Å². The van der Waals surface area contributed by atoms with Crippen LogP contribution < -0.4 is 10.2 Å². The molecular weight excluding hydrogens is 278 g/mol. The van der Waals surface area contributed by atoms with E-state index in [0.29, 0.717) is 13.1 Å². The van der Waals surface area contributed by atoms with Crippen LogP contribution in [0.2, 0.25) is 0 Å². The monoisotopic (exact) mass is 297 g/mol. The SMILES string of the molecule is C[C@H](C(=O)N1CCNC1=O)N(C)c1ccc2ccccc2c1. The molecule has 5 heteroatoms. The van der Waals surface area contributed by atoms with E-state index in [4.69, 9.17) is 0 Å². The van der Waals surface area contributed by atoms with Crippen LogP contribution in [-0.4, -0.2) is 43.0 Å². The summed E-state index contributed by atoms with van der Waals surface area (Å²) < 4.78 is 0. The molecule has 1 N–H and O–H groups in total. The smallest absolute Gasteiger partial charge is 0.324 e. The van der Waals surface area contributed by atoms with Gasteiger partial charge in [0.25, 0.3) is 5.91 Å². The number of carbonyl (C=O) groups is 2. The van der Waals surface area contributed by atoms with Crippen LogP contribution in [0.25, 0.3) is 10.8 Å². The van der Waals surface area contributed by atoms with Crippen molar-refractivity contribution in [2.45, 2.75) is 13.0 Å². The molecule has 1 saturated heterocycles. The number of imide groups is 1. The summed E-state index contributed by atoms with van der Waals surface area (Å²) in [5.41, 5.74) is 0.958. The van der Waals surface area contributed by atoms with Gasteiger partial charge in [0.15, 0.2) is 0 Å². The first-order valence-corrected chi connectivity index (χ1v) is 7.39. The predicted octanol–water partition coefficient (Wildman–Crippen LogP) is 2.22. The molecule has 1 aliphatic rings. The fraction of sp³-hybridized carbons (Fsp3) is 0.294. The van der Waals surface area contributed by atoms with Gasteiger partial charge in [-0.05, 0) is 29.8 Å². The maximum absolute atomic E-state index is 12.5. The van der Waals surface area contributed by atoms with Gasteiger partial charge in [0.1, 0.15) is 6.04 Å². The third-order valence-electron chi connectivity index (χ3n) is 4.20. The number of anilines is 1. The van der Waals surface area contributed by atoms with Crippen molar-refractivity contribution in [3.63, 3.8) is 0 Å². The molecular formula is C17H19N3O2. The summed E-state index contributed by atoms with van der Waals surface area (Å²) in [6.45, 7) is 2.79. The van der Waals surface area contributed by atoms with Crippen LogP contribution in [0.1, 0.15) is 6.92 Å². The largest absolute Gasteiger partial charge is 0.363 e. The zero-order valence-electron chi connectivity index (χ0n) is 12.7. The molecule has 0 unspecified atom stereocenters. The van der Waals surface area contributed by atoms with E-state index in [0.717, 1.165) is 16.5 Å². The van der Waals surface area contributed by atoms with Crippen LogP contribution in [0.4, 0.5) is 10.5 Å². The van der Waals surface area contributed by atoms with E-state index in [9.17, 15) is 9.59 Å². The summed E-state index contributed by atoms with van der Waals surface area (Å²) in [4.78, 5) is 27.3. The van der Waals surface area contributed by atoms with Gasteiger partial charge in [-0.3, -0.25) is 9.69 Å². The van der Waals surface area contributed by atoms with Crippen molar-refractivity contribution in [1.29, 1.82) is 0 Å². The Hall–Kier alpha value is -2.56. The van der Waals surface area contributed by atoms with E-state index >= 15 is 0 Å². The van der Waals surface area contributed by atoms with Gasteiger partial charge < -0.3 is 10.2 Å². The van der Waals surface area contributed by atoms with Gasteiger partial charge in [-0.25, -0.2) is 4.79 Å². The summed E-state index contributed by atoms with van der Waals surface area (Å²) in [6.07, 6.45) is 0. The van der Waals surface area contributed by atoms with Crippen molar-refractivity contribution < 1.29 is 9.59 Å². The number of carbonyl (C=O) groups excluding carboxylic acids is 2. The molecule has 22 heavy (non-hydrogen) atoms. The number of nitrogens with zero attached hydrogens (tertiary/aromatic N) is 2. The standard InChI is InChI=1S/C17H19N3O2/c1-12(16(21)20-10-9-18-17(20)22)19(2)15-8-7-13-5-3-4-6-14(13)11-15/h3-8,11-12H,9-10H2,1-2H3,(H,18,22)/t12-/m1/s1. The lowest BCUT2D eigenvalue weighted by molar-refractivity contribution is -0.128. The van der Waals surface area contributed by atoms with Crippen LogP contribution >= 0.6 is 0 Å². The highest BCUT2D eigenvalue weighted by Crippen LogP contribution is 2.23. The average molecular weight is 297 g/mol.